The number of hydrogen-bond acceptors (Lipinski definition) is 3. The van der Waals surface area contributed by atoms with Gasteiger partial charge in [0.25, 0.3) is 0 Å². The molecule has 0 aliphatic carbocycles. The summed E-state index contributed by atoms with van der Waals surface area (Å²) < 4.78 is 40.5. The first kappa shape index (κ1) is 19.5. The smallest absolute Gasteiger partial charge is 0.361 e. The van der Waals surface area contributed by atoms with Crippen LogP contribution >= 0.6 is 11.6 Å². The second-order valence-electron chi connectivity index (χ2n) is 5.39. The van der Waals surface area contributed by atoms with Crippen molar-refractivity contribution in [2.75, 3.05) is 0 Å². The second-order valence-corrected chi connectivity index (χ2v) is 5.80. The van der Waals surface area contributed by atoms with Crippen molar-refractivity contribution >= 4 is 29.6 Å². The lowest BCUT2D eigenvalue weighted by Gasteiger charge is -2.14. The van der Waals surface area contributed by atoms with Gasteiger partial charge in [0.2, 0.25) is 0 Å². The molecule has 0 saturated carbocycles. The van der Waals surface area contributed by atoms with Gasteiger partial charge in [-0.3, -0.25) is 9.59 Å². The van der Waals surface area contributed by atoms with Crippen LogP contribution in [0.4, 0.5) is 13.2 Å². The van der Waals surface area contributed by atoms with Crippen LogP contribution in [0.5, 0.6) is 0 Å². The number of nitrogens with two attached hydrogens (primary N) is 1. The maximum atomic E-state index is 13.0. The third-order valence-electron chi connectivity index (χ3n) is 3.58. The van der Waals surface area contributed by atoms with Gasteiger partial charge in [-0.15, -0.1) is 0 Å². The van der Waals surface area contributed by atoms with Crippen molar-refractivity contribution in [3.05, 3.63) is 51.8 Å². The SMILES string of the molecule is Cc1cc(/C=N\NC(=O)C(N)=O)c(C)n1-c1cc(C(F)(F)F)ccc1Cl. The summed E-state index contributed by atoms with van der Waals surface area (Å²) in [4.78, 5) is 21.7. The van der Waals surface area contributed by atoms with E-state index >= 15 is 0 Å². The summed E-state index contributed by atoms with van der Waals surface area (Å²) in [6.07, 6.45) is -3.25. The monoisotopic (exact) mass is 386 g/mol. The number of carbonyl (C=O) groups is 2. The number of rotatable bonds is 3. The molecule has 3 N–H and O–H groups in total. The summed E-state index contributed by atoms with van der Waals surface area (Å²) in [6, 6.07) is 4.69. The van der Waals surface area contributed by atoms with Gasteiger partial charge in [-0.2, -0.15) is 18.3 Å². The molecule has 1 heterocycles. The molecule has 0 aliphatic rings. The van der Waals surface area contributed by atoms with E-state index in [0.717, 1.165) is 12.1 Å². The average Bonchev–Trinajstić information content (AvgIpc) is 2.81. The number of halogens is 4. The number of aryl methyl sites for hydroxylation is 1. The van der Waals surface area contributed by atoms with Gasteiger partial charge in [0.15, 0.2) is 0 Å². The van der Waals surface area contributed by atoms with E-state index in [2.05, 4.69) is 5.10 Å². The van der Waals surface area contributed by atoms with E-state index in [9.17, 15) is 22.8 Å². The summed E-state index contributed by atoms with van der Waals surface area (Å²) in [5, 5.41) is 3.74. The van der Waals surface area contributed by atoms with E-state index in [0.29, 0.717) is 17.0 Å². The number of nitrogens with zero attached hydrogens (tertiary/aromatic N) is 2. The number of amides is 2. The van der Waals surface area contributed by atoms with Crippen molar-refractivity contribution in [1.29, 1.82) is 0 Å². The minimum atomic E-state index is -4.50. The Morgan fingerprint density at radius 2 is 1.92 bits per heavy atom. The molecule has 2 rings (SSSR count). The van der Waals surface area contributed by atoms with Crippen LogP contribution < -0.4 is 11.2 Å². The van der Waals surface area contributed by atoms with E-state index in [-0.39, 0.29) is 10.7 Å². The number of primary amides is 1. The zero-order valence-corrected chi connectivity index (χ0v) is 14.4. The maximum absolute atomic E-state index is 13.0. The lowest BCUT2D eigenvalue weighted by atomic mass is 10.2. The van der Waals surface area contributed by atoms with Gasteiger partial charge in [0.05, 0.1) is 22.5 Å². The number of nitrogens with one attached hydrogen (secondary N) is 1. The molecule has 0 spiro atoms. The Labute approximate surface area is 151 Å². The highest BCUT2D eigenvalue weighted by molar-refractivity contribution is 6.34. The summed E-state index contributed by atoms with van der Waals surface area (Å²) in [5.74, 6) is -2.28. The summed E-state index contributed by atoms with van der Waals surface area (Å²) in [5.41, 5.74) is 7.72. The largest absolute Gasteiger partial charge is 0.416 e. The fraction of sp³-hybridized carbons (Fsp3) is 0.188. The molecule has 0 atom stereocenters. The first-order valence-corrected chi connectivity index (χ1v) is 7.59. The minimum Gasteiger partial charge on any atom is -0.361 e. The Bertz CT molecular complexity index is 904. The molecule has 138 valence electrons. The lowest BCUT2D eigenvalue weighted by Crippen LogP contribution is -2.32. The van der Waals surface area contributed by atoms with Crippen molar-refractivity contribution in [1.82, 2.24) is 9.99 Å². The lowest BCUT2D eigenvalue weighted by molar-refractivity contribution is -0.137. The van der Waals surface area contributed by atoms with Gasteiger partial charge < -0.3 is 10.3 Å². The molecular formula is C16H14ClF3N4O2. The van der Waals surface area contributed by atoms with Gasteiger partial charge >= 0.3 is 18.0 Å². The molecule has 0 fully saturated rings. The number of aromatic nitrogens is 1. The molecule has 0 aliphatic heterocycles. The fourth-order valence-electron chi connectivity index (χ4n) is 2.36. The third-order valence-corrected chi connectivity index (χ3v) is 3.90. The fourth-order valence-corrected chi connectivity index (χ4v) is 2.57. The van der Waals surface area contributed by atoms with Crippen molar-refractivity contribution in [3.8, 4) is 5.69 Å². The zero-order chi connectivity index (χ0) is 19.6. The first-order valence-electron chi connectivity index (χ1n) is 7.21. The highest BCUT2D eigenvalue weighted by Gasteiger charge is 2.31. The van der Waals surface area contributed by atoms with Crippen LogP contribution in [0.25, 0.3) is 5.69 Å². The maximum Gasteiger partial charge on any atom is 0.416 e. The Morgan fingerprint density at radius 1 is 1.27 bits per heavy atom. The Balaban J connectivity index is 2.44. The standard InChI is InChI=1S/C16H14ClF3N4O2/c1-8-5-10(7-22-23-15(26)14(21)25)9(2)24(8)13-6-11(16(18,19)20)3-4-12(13)17/h3-7H,1-2H3,(H2,21,25)(H,23,26)/b22-7-. The summed E-state index contributed by atoms with van der Waals surface area (Å²) in [6.45, 7) is 3.34. The van der Waals surface area contributed by atoms with E-state index in [4.69, 9.17) is 17.3 Å². The number of benzene rings is 1. The topological polar surface area (TPSA) is 89.5 Å². The van der Waals surface area contributed by atoms with Crippen LogP contribution in [0.2, 0.25) is 5.02 Å². The molecule has 0 bridgehead atoms. The Morgan fingerprint density at radius 3 is 2.50 bits per heavy atom. The molecule has 0 radical (unpaired) electrons. The van der Waals surface area contributed by atoms with Crippen LogP contribution in [-0.2, 0) is 15.8 Å². The molecule has 1 aromatic heterocycles. The highest BCUT2D eigenvalue weighted by atomic mass is 35.5. The van der Waals surface area contributed by atoms with Crippen LogP contribution in [0.1, 0.15) is 22.5 Å². The number of carbonyl (C=O) groups excluding carboxylic acids is 2. The molecule has 0 unspecified atom stereocenters. The van der Waals surface area contributed by atoms with Crippen molar-refractivity contribution < 1.29 is 22.8 Å². The van der Waals surface area contributed by atoms with E-state index in [1.54, 1.807) is 19.9 Å². The average molecular weight is 387 g/mol. The predicted octanol–water partition coefficient (Wildman–Crippen LogP) is 2.70. The van der Waals surface area contributed by atoms with Crippen LogP contribution in [0.15, 0.2) is 29.4 Å². The third kappa shape index (κ3) is 4.05. The number of hydrogen-bond donors (Lipinski definition) is 2. The van der Waals surface area contributed by atoms with E-state index < -0.39 is 23.6 Å². The molecule has 1 aromatic carbocycles. The van der Waals surface area contributed by atoms with Gasteiger partial charge in [-0.05, 0) is 38.1 Å². The Kier molecular flexibility index (Phi) is 5.41. The van der Waals surface area contributed by atoms with E-state index in [1.165, 1.54) is 16.8 Å². The normalized spacial score (nSPS) is 11.8. The molecule has 2 aromatic rings. The predicted molar refractivity (Wildman–Crippen MR) is 90.2 cm³/mol. The molecule has 10 heteroatoms. The summed E-state index contributed by atoms with van der Waals surface area (Å²) >= 11 is 6.08. The second kappa shape index (κ2) is 7.20. The number of alkyl halides is 3. The summed E-state index contributed by atoms with van der Waals surface area (Å²) in [7, 11) is 0. The highest BCUT2D eigenvalue weighted by Crippen LogP contribution is 2.34. The van der Waals surface area contributed by atoms with Gasteiger partial charge in [-0.1, -0.05) is 11.6 Å². The molecule has 2 amide bonds. The molecule has 6 nitrogen and oxygen atoms in total. The van der Waals surface area contributed by atoms with Gasteiger partial charge in [0, 0.05) is 17.0 Å². The first-order chi connectivity index (χ1) is 12.0. The molecule has 26 heavy (non-hydrogen) atoms. The van der Waals surface area contributed by atoms with Crippen LogP contribution in [0.3, 0.4) is 0 Å². The molecule has 0 saturated heterocycles. The van der Waals surface area contributed by atoms with Crippen LogP contribution in [0, 0.1) is 13.8 Å². The van der Waals surface area contributed by atoms with Gasteiger partial charge in [0.1, 0.15) is 0 Å². The van der Waals surface area contributed by atoms with Crippen molar-refractivity contribution in [2.45, 2.75) is 20.0 Å². The Hall–Kier alpha value is -2.81. The quantitative estimate of drug-likeness (QED) is 0.482. The van der Waals surface area contributed by atoms with E-state index in [1.807, 2.05) is 5.43 Å². The van der Waals surface area contributed by atoms with Crippen molar-refractivity contribution in [3.63, 3.8) is 0 Å². The molecular weight excluding hydrogens is 373 g/mol. The van der Waals surface area contributed by atoms with Crippen LogP contribution in [-0.4, -0.2) is 22.6 Å². The van der Waals surface area contributed by atoms with Gasteiger partial charge in [-0.25, -0.2) is 5.43 Å². The number of hydrazone groups is 1. The zero-order valence-electron chi connectivity index (χ0n) is 13.7. The minimum absolute atomic E-state index is 0.144. The van der Waals surface area contributed by atoms with Crippen molar-refractivity contribution in [2.24, 2.45) is 10.8 Å².